The largest absolute Gasteiger partial charge is 0.508 e. The van der Waals surface area contributed by atoms with Gasteiger partial charge < -0.3 is 10.2 Å². The van der Waals surface area contributed by atoms with Gasteiger partial charge >= 0.3 is 0 Å². The molecule has 29 heavy (non-hydrogen) atoms. The zero-order valence-corrected chi connectivity index (χ0v) is 16.3. The van der Waals surface area contributed by atoms with Gasteiger partial charge in [0.25, 0.3) is 0 Å². The fraction of sp³-hybridized carbons (Fsp3) is 0.111. The Labute approximate surface area is 171 Å². The molecule has 4 aromatic carbocycles. The van der Waals surface area contributed by atoms with Gasteiger partial charge in [-0.1, -0.05) is 84.9 Å². The summed E-state index contributed by atoms with van der Waals surface area (Å²) < 4.78 is 0. The van der Waals surface area contributed by atoms with E-state index < -0.39 is 0 Å². The van der Waals surface area contributed by atoms with Gasteiger partial charge in [-0.05, 0) is 40.8 Å². The smallest absolute Gasteiger partial charge is 0.119 e. The number of phenols is 2. The second-order valence-corrected chi connectivity index (χ2v) is 7.33. The summed E-state index contributed by atoms with van der Waals surface area (Å²) in [6, 6.07) is 31.8. The summed E-state index contributed by atoms with van der Waals surface area (Å²) >= 11 is 0. The monoisotopic (exact) mass is 380 g/mol. The molecule has 0 aliphatic carbocycles. The number of rotatable bonds is 6. The average molecular weight is 380 g/mol. The second kappa shape index (κ2) is 8.66. The Bertz CT molecular complexity index is 997. The van der Waals surface area contributed by atoms with Crippen LogP contribution in [0.2, 0.25) is 0 Å². The van der Waals surface area contributed by atoms with E-state index in [2.05, 4.69) is 36.4 Å². The highest BCUT2D eigenvalue weighted by Crippen LogP contribution is 2.30. The Morgan fingerprint density at radius 1 is 0.414 bits per heavy atom. The van der Waals surface area contributed by atoms with Crippen molar-refractivity contribution in [1.29, 1.82) is 0 Å². The van der Waals surface area contributed by atoms with Crippen molar-refractivity contribution >= 4 is 0 Å². The van der Waals surface area contributed by atoms with Crippen molar-refractivity contribution in [3.63, 3.8) is 0 Å². The van der Waals surface area contributed by atoms with Crippen LogP contribution in [-0.2, 0) is 19.3 Å². The fourth-order valence-electron chi connectivity index (χ4n) is 3.79. The van der Waals surface area contributed by atoms with Crippen molar-refractivity contribution in [2.24, 2.45) is 0 Å². The van der Waals surface area contributed by atoms with Gasteiger partial charge in [0, 0.05) is 24.0 Å². The Morgan fingerprint density at radius 2 is 0.828 bits per heavy atom. The molecule has 0 saturated carbocycles. The number of hydrogen-bond acceptors (Lipinski definition) is 2. The molecule has 2 nitrogen and oxygen atoms in total. The number of aromatic hydroxyl groups is 2. The van der Waals surface area contributed by atoms with E-state index in [4.69, 9.17) is 0 Å². The highest BCUT2D eigenvalue weighted by Gasteiger charge is 2.14. The lowest BCUT2D eigenvalue weighted by molar-refractivity contribution is 0.468. The summed E-state index contributed by atoms with van der Waals surface area (Å²) in [6.07, 6.45) is 2.01. The minimum Gasteiger partial charge on any atom is -0.508 e. The first-order chi connectivity index (χ1) is 14.2. The molecule has 0 fully saturated rings. The van der Waals surface area contributed by atoms with E-state index in [0.717, 1.165) is 33.4 Å². The molecule has 0 aliphatic rings. The second-order valence-electron chi connectivity index (χ2n) is 7.33. The van der Waals surface area contributed by atoms with Crippen LogP contribution in [0.1, 0.15) is 33.4 Å². The maximum atomic E-state index is 10.5. The lowest BCUT2D eigenvalue weighted by Crippen LogP contribution is -2.02. The van der Waals surface area contributed by atoms with Gasteiger partial charge in [-0.3, -0.25) is 0 Å². The third kappa shape index (κ3) is 4.49. The predicted octanol–water partition coefficient (Wildman–Crippen LogP) is 5.87. The van der Waals surface area contributed by atoms with E-state index in [-0.39, 0.29) is 0 Å². The molecule has 0 bridgehead atoms. The van der Waals surface area contributed by atoms with Gasteiger partial charge in [0.1, 0.15) is 11.5 Å². The summed E-state index contributed by atoms with van der Waals surface area (Å²) in [7, 11) is 0. The summed E-state index contributed by atoms with van der Waals surface area (Å²) in [5, 5.41) is 21.1. The van der Waals surface area contributed by atoms with Crippen LogP contribution < -0.4 is 0 Å². The van der Waals surface area contributed by atoms with Crippen LogP contribution >= 0.6 is 0 Å². The first kappa shape index (κ1) is 18.8. The number of hydrogen-bond donors (Lipinski definition) is 2. The van der Waals surface area contributed by atoms with Crippen LogP contribution in [0.5, 0.6) is 11.5 Å². The molecule has 144 valence electrons. The molecule has 2 N–H and O–H groups in total. The van der Waals surface area contributed by atoms with Crippen LogP contribution in [0, 0.1) is 0 Å². The summed E-state index contributed by atoms with van der Waals surface area (Å²) in [4.78, 5) is 0. The van der Waals surface area contributed by atoms with Gasteiger partial charge in [-0.2, -0.15) is 0 Å². The van der Waals surface area contributed by atoms with Crippen LogP contribution in [0.4, 0.5) is 0 Å². The van der Waals surface area contributed by atoms with Crippen molar-refractivity contribution in [2.75, 3.05) is 0 Å². The highest BCUT2D eigenvalue weighted by atomic mass is 16.3. The summed E-state index contributed by atoms with van der Waals surface area (Å²) in [5.41, 5.74) is 6.36. The third-order valence-corrected chi connectivity index (χ3v) is 5.32. The molecule has 0 aromatic heterocycles. The molecule has 0 heterocycles. The first-order valence-electron chi connectivity index (χ1n) is 9.88. The molecule has 0 unspecified atom stereocenters. The van der Waals surface area contributed by atoms with Crippen molar-refractivity contribution in [2.45, 2.75) is 19.3 Å². The lowest BCUT2D eigenvalue weighted by Gasteiger charge is -2.15. The van der Waals surface area contributed by atoms with Gasteiger partial charge in [0.2, 0.25) is 0 Å². The molecular formula is C27H24O2. The zero-order chi connectivity index (χ0) is 20.1. The molecule has 0 amide bonds. The van der Waals surface area contributed by atoms with Crippen LogP contribution in [-0.4, -0.2) is 10.2 Å². The normalized spacial score (nSPS) is 10.8. The molecule has 0 atom stereocenters. The van der Waals surface area contributed by atoms with E-state index >= 15 is 0 Å². The van der Waals surface area contributed by atoms with E-state index in [1.165, 1.54) is 0 Å². The van der Waals surface area contributed by atoms with Crippen LogP contribution in [0.15, 0.2) is 97.1 Å². The maximum Gasteiger partial charge on any atom is 0.119 e. The molecule has 4 aromatic rings. The summed E-state index contributed by atoms with van der Waals surface area (Å²) in [5.74, 6) is 0.632. The molecule has 0 aliphatic heterocycles. The Morgan fingerprint density at radius 3 is 1.24 bits per heavy atom. The van der Waals surface area contributed by atoms with Gasteiger partial charge in [0.15, 0.2) is 0 Å². The van der Waals surface area contributed by atoms with E-state index in [0.29, 0.717) is 30.8 Å². The Balaban J connectivity index is 1.68. The first-order valence-corrected chi connectivity index (χ1v) is 9.88. The molecule has 2 heteroatoms. The van der Waals surface area contributed by atoms with Crippen molar-refractivity contribution in [3.8, 4) is 11.5 Å². The number of phenolic OH excluding ortho intramolecular Hbond substituents is 2. The zero-order valence-electron chi connectivity index (χ0n) is 16.3. The Kier molecular flexibility index (Phi) is 5.62. The third-order valence-electron chi connectivity index (χ3n) is 5.32. The van der Waals surface area contributed by atoms with Gasteiger partial charge in [0.05, 0.1) is 0 Å². The van der Waals surface area contributed by atoms with E-state index in [1.807, 2.05) is 48.5 Å². The SMILES string of the molecule is Oc1cccc(Cc2cccc(O)c2Cc2ccccc2)c1Cc1ccccc1. The molecule has 0 saturated heterocycles. The predicted molar refractivity (Wildman–Crippen MR) is 118 cm³/mol. The van der Waals surface area contributed by atoms with Crippen molar-refractivity contribution in [1.82, 2.24) is 0 Å². The van der Waals surface area contributed by atoms with Crippen molar-refractivity contribution in [3.05, 3.63) is 130 Å². The minimum absolute atomic E-state index is 0.316. The molecule has 0 radical (unpaired) electrons. The maximum absolute atomic E-state index is 10.5. The standard InChI is InChI=1S/C27H24O2/c28-26-15-7-13-22(24(26)17-20-9-3-1-4-10-20)19-23-14-8-16-27(29)25(23)18-21-11-5-2-6-12-21/h1-16,28-29H,17-19H2. The van der Waals surface area contributed by atoms with E-state index in [1.54, 1.807) is 12.1 Å². The van der Waals surface area contributed by atoms with Crippen LogP contribution in [0.25, 0.3) is 0 Å². The molecular weight excluding hydrogens is 356 g/mol. The van der Waals surface area contributed by atoms with Gasteiger partial charge in [-0.15, -0.1) is 0 Å². The minimum atomic E-state index is 0.316. The summed E-state index contributed by atoms with van der Waals surface area (Å²) in [6.45, 7) is 0. The van der Waals surface area contributed by atoms with Crippen molar-refractivity contribution < 1.29 is 10.2 Å². The fourth-order valence-corrected chi connectivity index (χ4v) is 3.79. The quantitative estimate of drug-likeness (QED) is 0.439. The Hall–Kier alpha value is -3.52. The van der Waals surface area contributed by atoms with Crippen LogP contribution in [0.3, 0.4) is 0 Å². The number of benzene rings is 4. The van der Waals surface area contributed by atoms with E-state index in [9.17, 15) is 10.2 Å². The topological polar surface area (TPSA) is 40.5 Å². The average Bonchev–Trinajstić information content (AvgIpc) is 2.74. The van der Waals surface area contributed by atoms with Gasteiger partial charge in [-0.25, -0.2) is 0 Å². The lowest BCUT2D eigenvalue weighted by atomic mass is 9.90. The molecule has 0 spiro atoms. The highest BCUT2D eigenvalue weighted by molar-refractivity contribution is 5.49. The molecule has 4 rings (SSSR count).